The molecule has 2 N–H and O–H groups in total. The van der Waals surface area contributed by atoms with Gasteiger partial charge in [-0.3, -0.25) is 9.78 Å². The monoisotopic (exact) mass is 398 g/mol. The minimum absolute atomic E-state index is 0. The number of pyridine rings is 1. The Morgan fingerprint density at radius 1 is 1.25 bits per heavy atom. The Hall–Kier alpha value is -2.70. The fourth-order valence-electron chi connectivity index (χ4n) is 3.33. The van der Waals surface area contributed by atoms with Crippen LogP contribution in [-0.4, -0.2) is 29.1 Å². The second-order valence-corrected chi connectivity index (χ2v) is 6.86. The molecule has 4 rings (SSSR count). The van der Waals surface area contributed by atoms with Crippen molar-refractivity contribution in [3.05, 3.63) is 71.7 Å². The van der Waals surface area contributed by atoms with Gasteiger partial charge in [0, 0.05) is 29.6 Å². The van der Waals surface area contributed by atoms with Crippen molar-refractivity contribution in [1.82, 2.24) is 20.8 Å². The molecule has 1 amide bonds. The fourth-order valence-corrected chi connectivity index (χ4v) is 3.33. The molecule has 28 heavy (non-hydrogen) atoms. The van der Waals surface area contributed by atoms with Crippen molar-refractivity contribution in [3.8, 4) is 11.3 Å². The smallest absolute Gasteiger partial charge is 0.251 e. The molecular formula is C21H23ClN4O2. The second kappa shape index (κ2) is 9.48. The van der Waals surface area contributed by atoms with Gasteiger partial charge in [0.05, 0.1) is 6.54 Å². The molecule has 1 atom stereocenters. The van der Waals surface area contributed by atoms with Crippen molar-refractivity contribution in [1.29, 1.82) is 0 Å². The largest absolute Gasteiger partial charge is 0.359 e. The summed E-state index contributed by atoms with van der Waals surface area (Å²) in [6.07, 6.45) is 5.72. The average Bonchev–Trinajstić information content (AvgIpc) is 3.39. The van der Waals surface area contributed by atoms with Gasteiger partial charge in [0.2, 0.25) is 0 Å². The van der Waals surface area contributed by atoms with E-state index >= 15 is 0 Å². The van der Waals surface area contributed by atoms with Crippen LogP contribution in [0.15, 0.2) is 59.4 Å². The summed E-state index contributed by atoms with van der Waals surface area (Å²) in [5.74, 6) is 1.18. The van der Waals surface area contributed by atoms with Gasteiger partial charge in [-0.25, -0.2) is 0 Å². The Balaban J connectivity index is 0.00000225. The molecule has 3 aromatic rings. The van der Waals surface area contributed by atoms with Crippen molar-refractivity contribution in [2.45, 2.75) is 19.4 Å². The van der Waals surface area contributed by atoms with Gasteiger partial charge in [0.1, 0.15) is 5.69 Å². The van der Waals surface area contributed by atoms with Crippen molar-refractivity contribution in [3.63, 3.8) is 0 Å². The minimum Gasteiger partial charge on any atom is -0.359 e. The van der Waals surface area contributed by atoms with Crippen LogP contribution in [0.2, 0.25) is 0 Å². The number of aromatic nitrogens is 2. The predicted octanol–water partition coefficient (Wildman–Crippen LogP) is 3.24. The Labute approximate surface area is 170 Å². The molecule has 6 nitrogen and oxygen atoms in total. The van der Waals surface area contributed by atoms with Crippen LogP contribution in [0.4, 0.5) is 0 Å². The Kier molecular flexibility index (Phi) is 6.79. The minimum atomic E-state index is -0.122. The van der Waals surface area contributed by atoms with Crippen molar-refractivity contribution in [2.75, 3.05) is 13.1 Å². The molecule has 0 bridgehead atoms. The van der Waals surface area contributed by atoms with E-state index in [0.717, 1.165) is 25.1 Å². The van der Waals surface area contributed by atoms with Crippen LogP contribution in [0.1, 0.15) is 28.1 Å². The van der Waals surface area contributed by atoms with E-state index in [-0.39, 0.29) is 18.3 Å². The summed E-state index contributed by atoms with van der Waals surface area (Å²) >= 11 is 0. The number of rotatable bonds is 6. The van der Waals surface area contributed by atoms with Crippen molar-refractivity contribution < 1.29 is 9.32 Å². The SMILES string of the molecule is Cl.O=C(NCc1cc(-c2cccnc2)no1)c1ccc(CC2CCNC2)cc1. The molecule has 1 fully saturated rings. The number of nitrogens with zero attached hydrogens (tertiary/aromatic N) is 2. The quantitative estimate of drug-likeness (QED) is 0.666. The third-order valence-corrected chi connectivity index (χ3v) is 4.84. The van der Waals surface area contributed by atoms with Crippen LogP contribution >= 0.6 is 12.4 Å². The summed E-state index contributed by atoms with van der Waals surface area (Å²) < 4.78 is 5.30. The first kappa shape index (κ1) is 20.0. The molecule has 1 saturated heterocycles. The number of hydrogen-bond acceptors (Lipinski definition) is 5. The number of carbonyl (C=O) groups is 1. The molecule has 2 aromatic heterocycles. The number of carbonyl (C=O) groups excluding carboxylic acids is 1. The first-order valence-corrected chi connectivity index (χ1v) is 9.22. The average molecular weight is 399 g/mol. The van der Waals surface area contributed by atoms with Gasteiger partial charge in [0.25, 0.3) is 5.91 Å². The van der Waals surface area contributed by atoms with E-state index < -0.39 is 0 Å². The molecule has 0 aliphatic carbocycles. The molecule has 1 aliphatic rings. The van der Waals surface area contributed by atoms with E-state index in [2.05, 4.69) is 20.8 Å². The maximum atomic E-state index is 12.4. The molecule has 3 heterocycles. The third-order valence-electron chi connectivity index (χ3n) is 4.84. The van der Waals surface area contributed by atoms with Gasteiger partial charge in [-0.2, -0.15) is 0 Å². The van der Waals surface area contributed by atoms with Crippen LogP contribution in [-0.2, 0) is 13.0 Å². The maximum absolute atomic E-state index is 12.4. The van der Waals surface area contributed by atoms with Gasteiger partial charge in [0.15, 0.2) is 5.76 Å². The number of benzene rings is 1. The molecule has 0 radical (unpaired) electrons. The van der Waals surface area contributed by atoms with Gasteiger partial charge < -0.3 is 15.2 Å². The number of amides is 1. The van der Waals surface area contributed by atoms with Crippen LogP contribution in [0.3, 0.4) is 0 Å². The molecule has 0 saturated carbocycles. The highest BCUT2D eigenvalue weighted by Gasteiger charge is 2.15. The van der Waals surface area contributed by atoms with E-state index in [1.54, 1.807) is 12.4 Å². The lowest BCUT2D eigenvalue weighted by Gasteiger charge is -2.09. The standard InChI is InChI=1S/C21H22N4O2.ClH/c26-21(17-5-3-15(4-6-17)10-16-7-9-23-12-16)24-14-19-11-20(25-27-19)18-2-1-8-22-13-18;/h1-6,8,11,13,16,23H,7,9-10,12,14H2,(H,24,26);1H. The summed E-state index contributed by atoms with van der Waals surface area (Å²) in [4.78, 5) is 16.4. The number of halogens is 1. The highest BCUT2D eigenvalue weighted by Crippen LogP contribution is 2.18. The number of hydrogen-bond donors (Lipinski definition) is 2. The summed E-state index contributed by atoms with van der Waals surface area (Å²) in [6, 6.07) is 13.4. The van der Waals surface area contributed by atoms with Crippen LogP contribution in [0.5, 0.6) is 0 Å². The lowest BCUT2D eigenvalue weighted by atomic mass is 9.98. The molecule has 1 aliphatic heterocycles. The van der Waals surface area contributed by atoms with E-state index in [4.69, 9.17) is 4.52 Å². The first-order chi connectivity index (χ1) is 13.3. The fraction of sp³-hybridized carbons (Fsp3) is 0.286. The van der Waals surface area contributed by atoms with E-state index in [0.29, 0.717) is 29.5 Å². The highest BCUT2D eigenvalue weighted by atomic mass is 35.5. The zero-order chi connectivity index (χ0) is 18.5. The molecular weight excluding hydrogens is 376 g/mol. The Bertz CT molecular complexity index is 890. The maximum Gasteiger partial charge on any atom is 0.251 e. The van der Waals surface area contributed by atoms with Crippen molar-refractivity contribution in [2.24, 2.45) is 5.92 Å². The van der Waals surface area contributed by atoms with Crippen LogP contribution in [0.25, 0.3) is 11.3 Å². The van der Waals surface area contributed by atoms with Gasteiger partial charge in [-0.15, -0.1) is 12.4 Å². The second-order valence-electron chi connectivity index (χ2n) is 6.86. The van der Waals surface area contributed by atoms with Crippen LogP contribution in [0, 0.1) is 5.92 Å². The first-order valence-electron chi connectivity index (χ1n) is 9.22. The summed E-state index contributed by atoms with van der Waals surface area (Å²) in [6.45, 7) is 2.48. The van der Waals surface area contributed by atoms with E-state index in [9.17, 15) is 4.79 Å². The third kappa shape index (κ3) is 4.97. The van der Waals surface area contributed by atoms with E-state index in [1.807, 2.05) is 42.5 Å². The summed E-state index contributed by atoms with van der Waals surface area (Å²) in [5, 5.41) is 10.3. The zero-order valence-electron chi connectivity index (χ0n) is 15.4. The predicted molar refractivity (Wildman–Crippen MR) is 109 cm³/mol. The van der Waals surface area contributed by atoms with Crippen LogP contribution < -0.4 is 10.6 Å². The Morgan fingerprint density at radius 3 is 2.82 bits per heavy atom. The van der Waals surface area contributed by atoms with E-state index in [1.165, 1.54) is 12.0 Å². The van der Waals surface area contributed by atoms with Gasteiger partial charge in [-0.05, 0) is 61.7 Å². The molecule has 146 valence electrons. The summed E-state index contributed by atoms with van der Waals surface area (Å²) in [5.41, 5.74) is 3.51. The Morgan fingerprint density at radius 2 is 2.11 bits per heavy atom. The highest BCUT2D eigenvalue weighted by molar-refractivity contribution is 5.94. The molecule has 1 aromatic carbocycles. The number of nitrogens with one attached hydrogen (secondary N) is 2. The lowest BCUT2D eigenvalue weighted by Crippen LogP contribution is -2.22. The van der Waals surface area contributed by atoms with Crippen molar-refractivity contribution >= 4 is 18.3 Å². The van der Waals surface area contributed by atoms with Gasteiger partial charge >= 0.3 is 0 Å². The molecule has 7 heteroatoms. The lowest BCUT2D eigenvalue weighted by molar-refractivity contribution is 0.0947. The van der Waals surface area contributed by atoms with Gasteiger partial charge in [-0.1, -0.05) is 17.3 Å². The topological polar surface area (TPSA) is 80.1 Å². The zero-order valence-corrected chi connectivity index (χ0v) is 16.2. The normalized spacial score (nSPS) is 15.8. The molecule has 0 spiro atoms. The summed E-state index contributed by atoms with van der Waals surface area (Å²) in [7, 11) is 0. The molecule has 1 unspecified atom stereocenters.